The first-order chi connectivity index (χ1) is 10.3. The van der Waals surface area contributed by atoms with Crippen LogP contribution < -0.4 is 5.32 Å². The highest BCUT2D eigenvalue weighted by Crippen LogP contribution is 2.25. The summed E-state index contributed by atoms with van der Waals surface area (Å²) in [5.41, 5.74) is 2.29. The first-order valence-corrected chi connectivity index (χ1v) is 8.26. The summed E-state index contributed by atoms with van der Waals surface area (Å²) in [6.07, 6.45) is 7.06. The van der Waals surface area contributed by atoms with Crippen molar-refractivity contribution < 1.29 is 9.53 Å². The van der Waals surface area contributed by atoms with E-state index in [0.717, 1.165) is 24.8 Å². The Bertz CT molecular complexity index is 452. The third kappa shape index (κ3) is 4.31. The van der Waals surface area contributed by atoms with Gasteiger partial charge in [-0.05, 0) is 37.3 Å². The molecule has 1 fully saturated rings. The molecule has 1 saturated carbocycles. The van der Waals surface area contributed by atoms with E-state index in [1.54, 1.807) is 0 Å². The van der Waals surface area contributed by atoms with Gasteiger partial charge >= 0.3 is 5.97 Å². The monoisotopic (exact) mass is 289 g/mol. The Hall–Kier alpha value is -1.35. The number of nitrogens with one attached hydrogen (secondary N) is 1. The number of hydrogen-bond donors (Lipinski definition) is 1. The minimum Gasteiger partial charge on any atom is -0.465 e. The van der Waals surface area contributed by atoms with Crippen LogP contribution in [0, 0.1) is 0 Å². The van der Waals surface area contributed by atoms with Gasteiger partial charge in [0.1, 0.15) is 6.04 Å². The van der Waals surface area contributed by atoms with Gasteiger partial charge in [0.15, 0.2) is 0 Å². The van der Waals surface area contributed by atoms with Crippen LogP contribution in [-0.4, -0.2) is 18.6 Å². The number of ether oxygens (including phenoxy) is 1. The Morgan fingerprint density at radius 2 is 1.95 bits per heavy atom. The molecule has 116 valence electrons. The molecule has 3 nitrogen and oxygen atoms in total. The molecule has 0 aliphatic heterocycles. The second kappa shape index (κ2) is 8.18. The molecule has 0 spiro atoms. The Kier molecular flexibility index (Phi) is 6.24. The van der Waals surface area contributed by atoms with Gasteiger partial charge in [-0.1, -0.05) is 50.5 Å². The zero-order valence-corrected chi connectivity index (χ0v) is 13.2. The molecule has 2 rings (SSSR count). The Labute approximate surface area is 128 Å². The molecule has 0 radical (unpaired) electrons. The minimum atomic E-state index is -0.329. The van der Waals surface area contributed by atoms with Crippen LogP contribution in [0.3, 0.4) is 0 Å². The van der Waals surface area contributed by atoms with Crippen LogP contribution in [0.25, 0.3) is 0 Å². The van der Waals surface area contributed by atoms with Gasteiger partial charge in [0.2, 0.25) is 0 Å². The van der Waals surface area contributed by atoms with Gasteiger partial charge in [0, 0.05) is 6.04 Å². The number of aryl methyl sites for hydroxylation is 1. The fourth-order valence-electron chi connectivity index (χ4n) is 3.15. The van der Waals surface area contributed by atoms with Gasteiger partial charge < -0.3 is 4.74 Å². The van der Waals surface area contributed by atoms with Gasteiger partial charge in [-0.2, -0.15) is 0 Å². The number of rotatable bonds is 6. The Morgan fingerprint density at radius 1 is 1.24 bits per heavy atom. The molecule has 3 heteroatoms. The van der Waals surface area contributed by atoms with Crippen molar-refractivity contribution in [1.29, 1.82) is 0 Å². The number of benzene rings is 1. The minimum absolute atomic E-state index is 0.149. The smallest absolute Gasteiger partial charge is 0.327 e. The van der Waals surface area contributed by atoms with Crippen molar-refractivity contribution in [1.82, 2.24) is 5.32 Å². The third-order valence-corrected chi connectivity index (χ3v) is 4.28. The highest BCUT2D eigenvalue weighted by molar-refractivity contribution is 5.78. The van der Waals surface area contributed by atoms with E-state index in [0.29, 0.717) is 12.6 Å². The summed E-state index contributed by atoms with van der Waals surface area (Å²) in [4.78, 5) is 12.4. The molecule has 1 aliphatic rings. The molecule has 1 unspecified atom stereocenters. The maximum atomic E-state index is 12.4. The van der Waals surface area contributed by atoms with Crippen molar-refractivity contribution in [3.63, 3.8) is 0 Å². The molecule has 0 heterocycles. The van der Waals surface area contributed by atoms with Crippen LogP contribution in [0.4, 0.5) is 0 Å². The topological polar surface area (TPSA) is 38.3 Å². The maximum Gasteiger partial charge on any atom is 0.327 e. The van der Waals surface area contributed by atoms with Gasteiger partial charge in [0.05, 0.1) is 6.61 Å². The van der Waals surface area contributed by atoms with Crippen molar-refractivity contribution in [2.45, 2.75) is 64.5 Å². The fraction of sp³-hybridized carbons (Fsp3) is 0.611. The first-order valence-electron chi connectivity index (χ1n) is 8.26. The van der Waals surface area contributed by atoms with Gasteiger partial charge in [-0.15, -0.1) is 0 Å². The van der Waals surface area contributed by atoms with Crippen LogP contribution in [0.15, 0.2) is 24.3 Å². The quantitative estimate of drug-likeness (QED) is 0.810. The summed E-state index contributed by atoms with van der Waals surface area (Å²) in [7, 11) is 0. The number of carbonyl (C=O) groups is 1. The lowest BCUT2D eigenvalue weighted by molar-refractivity contribution is -0.146. The molecule has 0 bridgehead atoms. The van der Waals surface area contributed by atoms with Gasteiger partial charge in [-0.25, -0.2) is 4.79 Å². The Morgan fingerprint density at radius 3 is 2.62 bits per heavy atom. The van der Waals surface area contributed by atoms with E-state index in [9.17, 15) is 4.79 Å². The molecular formula is C18H27NO2. The summed E-state index contributed by atoms with van der Waals surface area (Å²) in [6, 6.07) is 8.29. The van der Waals surface area contributed by atoms with E-state index >= 15 is 0 Å². The number of hydrogen-bond acceptors (Lipinski definition) is 3. The summed E-state index contributed by atoms with van der Waals surface area (Å²) in [5.74, 6) is -0.149. The van der Waals surface area contributed by atoms with Crippen LogP contribution >= 0.6 is 0 Å². The van der Waals surface area contributed by atoms with Crippen LogP contribution in [-0.2, 0) is 16.0 Å². The summed E-state index contributed by atoms with van der Waals surface area (Å²) in [6.45, 7) is 4.42. The average Bonchev–Trinajstić information content (AvgIpc) is 2.54. The van der Waals surface area contributed by atoms with Crippen LogP contribution in [0.1, 0.15) is 63.1 Å². The summed E-state index contributed by atoms with van der Waals surface area (Å²) in [5, 5.41) is 3.56. The lowest BCUT2D eigenvalue weighted by Crippen LogP contribution is -2.39. The van der Waals surface area contributed by atoms with E-state index in [1.165, 1.54) is 24.8 Å². The molecule has 0 amide bonds. The molecule has 1 N–H and O–H groups in total. The van der Waals surface area contributed by atoms with E-state index in [1.807, 2.05) is 19.1 Å². The second-order valence-corrected chi connectivity index (χ2v) is 5.74. The van der Waals surface area contributed by atoms with E-state index < -0.39 is 0 Å². The normalized spacial score (nSPS) is 17.4. The van der Waals surface area contributed by atoms with Crippen molar-refractivity contribution in [3.05, 3.63) is 35.4 Å². The van der Waals surface area contributed by atoms with E-state index in [-0.39, 0.29) is 12.0 Å². The summed E-state index contributed by atoms with van der Waals surface area (Å²) >= 11 is 0. The molecular weight excluding hydrogens is 262 g/mol. The van der Waals surface area contributed by atoms with Gasteiger partial charge in [-0.3, -0.25) is 5.32 Å². The maximum absolute atomic E-state index is 12.4. The SMILES string of the molecule is CCOC(=O)C(NC1CCCCC1)c1ccccc1CC. The highest BCUT2D eigenvalue weighted by atomic mass is 16.5. The van der Waals surface area contributed by atoms with Crippen LogP contribution in [0.2, 0.25) is 0 Å². The predicted molar refractivity (Wildman–Crippen MR) is 85.2 cm³/mol. The molecule has 1 atom stereocenters. The second-order valence-electron chi connectivity index (χ2n) is 5.74. The zero-order chi connectivity index (χ0) is 15.1. The molecule has 1 aromatic rings. The number of carbonyl (C=O) groups excluding carboxylic acids is 1. The standard InChI is InChI=1S/C18H27NO2/c1-3-14-10-8-9-13-16(14)17(18(20)21-4-2)19-15-11-6-5-7-12-15/h8-10,13,15,17,19H,3-7,11-12H2,1-2H3. The first kappa shape index (κ1) is 16.0. The van der Waals surface area contributed by atoms with Crippen LogP contribution in [0.5, 0.6) is 0 Å². The molecule has 1 aliphatic carbocycles. The van der Waals surface area contributed by atoms with Crippen molar-refractivity contribution in [2.75, 3.05) is 6.61 Å². The summed E-state index contributed by atoms with van der Waals surface area (Å²) < 4.78 is 5.30. The largest absolute Gasteiger partial charge is 0.465 e. The molecule has 0 aromatic heterocycles. The predicted octanol–water partition coefficient (Wildman–Crippen LogP) is 3.78. The molecule has 0 saturated heterocycles. The fourth-order valence-corrected chi connectivity index (χ4v) is 3.15. The Balaban J connectivity index is 2.20. The molecule has 1 aromatic carbocycles. The molecule has 21 heavy (non-hydrogen) atoms. The lowest BCUT2D eigenvalue weighted by atomic mass is 9.92. The lowest BCUT2D eigenvalue weighted by Gasteiger charge is -2.28. The van der Waals surface area contributed by atoms with Crippen molar-refractivity contribution in [3.8, 4) is 0 Å². The third-order valence-electron chi connectivity index (χ3n) is 4.28. The van der Waals surface area contributed by atoms with E-state index in [4.69, 9.17) is 4.74 Å². The average molecular weight is 289 g/mol. The van der Waals surface area contributed by atoms with Crippen molar-refractivity contribution >= 4 is 5.97 Å². The van der Waals surface area contributed by atoms with E-state index in [2.05, 4.69) is 24.4 Å². The number of esters is 1. The van der Waals surface area contributed by atoms with Gasteiger partial charge in [0.25, 0.3) is 0 Å². The zero-order valence-electron chi connectivity index (χ0n) is 13.2. The van der Waals surface area contributed by atoms with Crippen molar-refractivity contribution in [2.24, 2.45) is 0 Å². The highest BCUT2D eigenvalue weighted by Gasteiger charge is 2.27.